The topological polar surface area (TPSA) is 35.2 Å². The lowest BCUT2D eigenvalue weighted by atomic mass is 9.89. The molecule has 1 saturated carbocycles. The van der Waals surface area contributed by atoms with Gasteiger partial charge in [-0.05, 0) is 50.7 Å². The molecular formula is C15H22BrNO. The summed E-state index contributed by atoms with van der Waals surface area (Å²) in [4.78, 5) is 0. The minimum atomic E-state index is 0.00983. The first-order chi connectivity index (χ1) is 8.56. The van der Waals surface area contributed by atoms with E-state index >= 15 is 0 Å². The lowest BCUT2D eigenvalue weighted by molar-refractivity contribution is 0.134. The molecule has 0 spiro atoms. The van der Waals surface area contributed by atoms with Crippen LogP contribution in [0.3, 0.4) is 0 Å². The van der Waals surface area contributed by atoms with Crippen LogP contribution in [-0.2, 0) is 0 Å². The van der Waals surface area contributed by atoms with Crippen LogP contribution in [0.1, 0.15) is 51.1 Å². The molecule has 1 aliphatic rings. The molecular weight excluding hydrogens is 290 g/mol. The number of halogens is 1. The first-order valence-electron chi connectivity index (χ1n) is 6.78. The predicted octanol–water partition coefficient (Wildman–Crippen LogP) is 4.43. The summed E-state index contributed by atoms with van der Waals surface area (Å²) < 4.78 is 7.21. The van der Waals surface area contributed by atoms with Gasteiger partial charge in [0.2, 0.25) is 0 Å². The molecule has 0 bridgehead atoms. The number of hydrogen-bond acceptors (Lipinski definition) is 2. The normalized spacial score (nSPS) is 25.8. The average Bonchev–Trinajstić information content (AvgIpc) is 2.32. The molecule has 0 saturated heterocycles. The van der Waals surface area contributed by atoms with Crippen molar-refractivity contribution in [2.75, 3.05) is 0 Å². The molecule has 0 unspecified atom stereocenters. The van der Waals surface area contributed by atoms with Gasteiger partial charge in [-0.3, -0.25) is 0 Å². The van der Waals surface area contributed by atoms with Crippen LogP contribution in [0.15, 0.2) is 22.7 Å². The van der Waals surface area contributed by atoms with Crippen LogP contribution in [0.25, 0.3) is 0 Å². The Labute approximate surface area is 118 Å². The highest BCUT2D eigenvalue weighted by atomic mass is 79.9. The molecule has 0 heterocycles. The maximum Gasteiger partial charge on any atom is 0.125 e. The monoisotopic (exact) mass is 311 g/mol. The zero-order chi connectivity index (χ0) is 13.1. The van der Waals surface area contributed by atoms with Crippen molar-refractivity contribution in [2.45, 2.75) is 51.7 Å². The third kappa shape index (κ3) is 3.48. The van der Waals surface area contributed by atoms with Gasteiger partial charge in [0.15, 0.2) is 0 Å². The van der Waals surface area contributed by atoms with Crippen LogP contribution in [0.2, 0.25) is 0 Å². The van der Waals surface area contributed by atoms with Gasteiger partial charge in [0, 0.05) is 16.1 Å². The molecule has 0 radical (unpaired) electrons. The Balaban J connectivity index is 2.10. The highest BCUT2D eigenvalue weighted by Crippen LogP contribution is 2.32. The molecule has 0 aromatic heterocycles. The summed E-state index contributed by atoms with van der Waals surface area (Å²) in [5.41, 5.74) is 7.09. The minimum Gasteiger partial charge on any atom is -0.490 e. The van der Waals surface area contributed by atoms with Gasteiger partial charge in [-0.25, -0.2) is 0 Å². The van der Waals surface area contributed by atoms with Crippen LogP contribution in [-0.4, -0.2) is 6.10 Å². The fraction of sp³-hybridized carbons (Fsp3) is 0.600. The van der Waals surface area contributed by atoms with E-state index in [1.54, 1.807) is 0 Å². The average molecular weight is 312 g/mol. The summed E-state index contributed by atoms with van der Waals surface area (Å²) in [5.74, 6) is 1.79. The Morgan fingerprint density at radius 3 is 2.56 bits per heavy atom. The molecule has 1 aromatic rings. The van der Waals surface area contributed by atoms with Crippen LogP contribution >= 0.6 is 15.9 Å². The summed E-state index contributed by atoms with van der Waals surface area (Å²) in [6, 6.07) is 6.12. The van der Waals surface area contributed by atoms with Gasteiger partial charge < -0.3 is 10.5 Å². The third-order valence-corrected chi connectivity index (χ3v) is 4.22. The Kier molecular flexibility index (Phi) is 4.68. The standard InChI is InChI=1S/C15H22BrNO/c1-10-3-6-13(7-4-10)18-15-9-12(16)5-8-14(15)11(2)17/h5,8-11,13H,3-4,6-7,17H2,1-2H3/t10?,11-,13?/m0/s1. The van der Waals surface area contributed by atoms with Crippen LogP contribution in [0, 0.1) is 5.92 Å². The Morgan fingerprint density at radius 2 is 1.94 bits per heavy atom. The highest BCUT2D eigenvalue weighted by molar-refractivity contribution is 9.10. The van der Waals surface area contributed by atoms with E-state index in [-0.39, 0.29) is 6.04 Å². The first kappa shape index (κ1) is 13.9. The second-order valence-electron chi connectivity index (χ2n) is 5.47. The lowest BCUT2D eigenvalue weighted by Crippen LogP contribution is -2.24. The van der Waals surface area contributed by atoms with Crippen LogP contribution in [0.4, 0.5) is 0 Å². The predicted molar refractivity (Wildman–Crippen MR) is 78.8 cm³/mol. The van der Waals surface area contributed by atoms with Crippen molar-refractivity contribution in [3.8, 4) is 5.75 Å². The number of hydrogen-bond donors (Lipinski definition) is 1. The van der Waals surface area contributed by atoms with Gasteiger partial charge in [-0.1, -0.05) is 28.9 Å². The van der Waals surface area contributed by atoms with E-state index < -0.39 is 0 Å². The van der Waals surface area contributed by atoms with Gasteiger partial charge in [-0.15, -0.1) is 0 Å². The van der Waals surface area contributed by atoms with E-state index in [1.165, 1.54) is 12.8 Å². The summed E-state index contributed by atoms with van der Waals surface area (Å²) in [6.07, 6.45) is 5.21. The molecule has 1 aromatic carbocycles. The Hall–Kier alpha value is -0.540. The van der Waals surface area contributed by atoms with Crippen molar-refractivity contribution in [1.29, 1.82) is 0 Å². The van der Waals surface area contributed by atoms with Crippen molar-refractivity contribution in [3.05, 3.63) is 28.2 Å². The van der Waals surface area contributed by atoms with Gasteiger partial charge in [0.1, 0.15) is 5.75 Å². The van der Waals surface area contributed by atoms with Gasteiger partial charge in [-0.2, -0.15) is 0 Å². The van der Waals surface area contributed by atoms with Gasteiger partial charge in [0.05, 0.1) is 6.10 Å². The van der Waals surface area contributed by atoms with E-state index in [2.05, 4.69) is 28.9 Å². The second-order valence-corrected chi connectivity index (χ2v) is 6.39. The first-order valence-corrected chi connectivity index (χ1v) is 7.57. The van der Waals surface area contributed by atoms with Crippen molar-refractivity contribution < 1.29 is 4.74 Å². The molecule has 1 fully saturated rings. The molecule has 1 aliphatic carbocycles. The van der Waals surface area contributed by atoms with Crippen LogP contribution in [0.5, 0.6) is 5.75 Å². The van der Waals surface area contributed by atoms with E-state index in [0.717, 1.165) is 34.5 Å². The number of benzene rings is 1. The molecule has 0 amide bonds. The lowest BCUT2D eigenvalue weighted by Gasteiger charge is -2.28. The quantitative estimate of drug-likeness (QED) is 0.896. The second kappa shape index (κ2) is 6.07. The number of nitrogens with two attached hydrogens (primary N) is 1. The van der Waals surface area contributed by atoms with Crippen molar-refractivity contribution >= 4 is 15.9 Å². The zero-order valence-corrected chi connectivity index (χ0v) is 12.7. The van der Waals surface area contributed by atoms with E-state index in [0.29, 0.717) is 6.10 Å². The molecule has 3 heteroatoms. The van der Waals surface area contributed by atoms with E-state index in [1.807, 2.05) is 19.1 Å². The third-order valence-electron chi connectivity index (χ3n) is 3.72. The number of ether oxygens (including phenoxy) is 1. The molecule has 2 rings (SSSR count). The molecule has 18 heavy (non-hydrogen) atoms. The highest BCUT2D eigenvalue weighted by Gasteiger charge is 2.21. The van der Waals surface area contributed by atoms with Crippen LogP contribution < -0.4 is 10.5 Å². The van der Waals surface area contributed by atoms with E-state index in [4.69, 9.17) is 10.5 Å². The van der Waals surface area contributed by atoms with Gasteiger partial charge in [0.25, 0.3) is 0 Å². The van der Waals surface area contributed by atoms with Crippen molar-refractivity contribution in [2.24, 2.45) is 11.7 Å². The summed E-state index contributed by atoms with van der Waals surface area (Å²) in [5, 5.41) is 0. The maximum atomic E-state index is 6.17. The molecule has 2 N–H and O–H groups in total. The van der Waals surface area contributed by atoms with Gasteiger partial charge >= 0.3 is 0 Å². The minimum absolute atomic E-state index is 0.00983. The summed E-state index contributed by atoms with van der Waals surface area (Å²) >= 11 is 3.50. The summed E-state index contributed by atoms with van der Waals surface area (Å²) in [7, 11) is 0. The largest absolute Gasteiger partial charge is 0.490 e. The molecule has 2 nitrogen and oxygen atoms in total. The fourth-order valence-corrected chi connectivity index (χ4v) is 2.85. The molecule has 0 aliphatic heterocycles. The fourth-order valence-electron chi connectivity index (χ4n) is 2.51. The van der Waals surface area contributed by atoms with Crippen molar-refractivity contribution in [3.63, 3.8) is 0 Å². The number of rotatable bonds is 3. The molecule has 100 valence electrons. The smallest absolute Gasteiger partial charge is 0.125 e. The maximum absolute atomic E-state index is 6.17. The summed E-state index contributed by atoms with van der Waals surface area (Å²) in [6.45, 7) is 4.32. The zero-order valence-electron chi connectivity index (χ0n) is 11.2. The van der Waals surface area contributed by atoms with E-state index in [9.17, 15) is 0 Å². The SMILES string of the molecule is CC1CCC(Oc2cc(Br)ccc2[C@H](C)N)CC1. The Bertz CT molecular complexity index is 397. The Morgan fingerprint density at radius 1 is 1.28 bits per heavy atom. The van der Waals surface area contributed by atoms with Crippen molar-refractivity contribution in [1.82, 2.24) is 0 Å². The molecule has 1 atom stereocenters.